The van der Waals surface area contributed by atoms with Gasteiger partial charge >= 0.3 is 0 Å². The van der Waals surface area contributed by atoms with Gasteiger partial charge in [-0.3, -0.25) is 0 Å². The third-order valence-corrected chi connectivity index (χ3v) is 4.93. The standard InChI is InChI=1S/C23H29N3O.2C2H6/c1-2-26(22-11-3-18(17-24)4-12-22)16-15-25-21-9-5-19(6-10-21)20-7-13-23(27)14-8-20;2*1-2/h3-13,23,25,27H,2,14-17,24H2,1H3;2*1-2H3. The molecule has 2 aromatic rings. The summed E-state index contributed by atoms with van der Waals surface area (Å²) in [6, 6.07) is 16.9. The Hall–Kier alpha value is -2.56. The van der Waals surface area contributed by atoms with E-state index in [4.69, 9.17) is 5.73 Å². The molecule has 1 atom stereocenters. The van der Waals surface area contributed by atoms with Gasteiger partial charge in [0.05, 0.1) is 6.10 Å². The Morgan fingerprint density at radius 1 is 1.00 bits per heavy atom. The number of rotatable bonds is 8. The van der Waals surface area contributed by atoms with Gasteiger partial charge in [-0.2, -0.15) is 0 Å². The van der Waals surface area contributed by atoms with Gasteiger partial charge in [-0.15, -0.1) is 0 Å². The predicted molar refractivity (Wildman–Crippen MR) is 138 cm³/mol. The van der Waals surface area contributed by atoms with E-state index in [1.165, 1.54) is 16.8 Å². The molecule has 1 unspecified atom stereocenters. The van der Waals surface area contributed by atoms with Crippen LogP contribution in [0.4, 0.5) is 11.4 Å². The van der Waals surface area contributed by atoms with Crippen LogP contribution in [-0.2, 0) is 6.54 Å². The lowest BCUT2D eigenvalue weighted by atomic mass is 9.98. The largest absolute Gasteiger partial charge is 0.389 e. The average Bonchev–Trinajstić information content (AvgIpc) is 2.85. The first kappa shape index (κ1) is 26.5. The van der Waals surface area contributed by atoms with Crippen molar-refractivity contribution in [1.82, 2.24) is 0 Å². The van der Waals surface area contributed by atoms with Crippen LogP contribution in [-0.4, -0.2) is 30.8 Å². The monoisotopic (exact) mass is 423 g/mol. The highest BCUT2D eigenvalue weighted by Crippen LogP contribution is 2.23. The molecule has 0 saturated heterocycles. The third-order valence-electron chi connectivity index (χ3n) is 4.93. The summed E-state index contributed by atoms with van der Waals surface area (Å²) in [7, 11) is 0. The second-order valence-corrected chi connectivity index (χ2v) is 6.78. The molecule has 3 rings (SSSR count). The Balaban J connectivity index is 0.00000113. The summed E-state index contributed by atoms with van der Waals surface area (Å²) in [6.07, 6.45) is 6.27. The number of aliphatic hydroxyl groups excluding tert-OH is 1. The van der Waals surface area contributed by atoms with Gasteiger partial charge in [-0.25, -0.2) is 0 Å². The molecule has 170 valence electrons. The van der Waals surface area contributed by atoms with Crippen molar-refractivity contribution in [3.63, 3.8) is 0 Å². The quantitative estimate of drug-likeness (QED) is 0.499. The minimum atomic E-state index is -0.345. The van der Waals surface area contributed by atoms with Crippen molar-refractivity contribution in [2.45, 2.75) is 53.7 Å². The molecule has 0 spiro atoms. The molecule has 0 fully saturated rings. The average molecular weight is 424 g/mol. The van der Waals surface area contributed by atoms with Crippen molar-refractivity contribution in [2.75, 3.05) is 29.9 Å². The van der Waals surface area contributed by atoms with E-state index in [1.54, 1.807) is 0 Å². The maximum absolute atomic E-state index is 9.54. The van der Waals surface area contributed by atoms with Crippen molar-refractivity contribution in [3.05, 3.63) is 77.9 Å². The smallest absolute Gasteiger partial charge is 0.0758 e. The summed E-state index contributed by atoms with van der Waals surface area (Å²) in [4.78, 5) is 2.35. The zero-order valence-electron chi connectivity index (χ0n) is 19.9. The minimum absolute atomic E-state index is 0.345. The maximum atomic E-state index is 9.54. The first-order chi connectivity index (χ1) is 15.2. The van der Waals surface area contributed by atoms with Crippen molar-refractivity contribution in [2.24, 2.45) is 5.73 Å². The lowest BCUT2D eigenvalue weighted by Crippen LogP contribution is -2.28. The number of nitrogens with one attached hydrogen (secondary N) is 1. The lowest BCUT2D eigenvalue weighted by Gasteiger charge is -2.24. The third kappa shape index (κ3) is 8.60. The van der Waals surface area contributed by atoms with Crippen LogP contribution in [0, 0.1) is 0 Å². The Labute approximate surface area is 189 Å². The number of likely N-dealkylation sites (N-methyl/N-ethyl adjacent to an activating group) is 1. The van der Waals surface area contributed by atoms with E-state index < -0.39 is 0 Å². The van der Waals surface area contributed by atoms with Gasteiger partial charge in [0, 0.05) is 37.6 Å². The van der Waals surface area contributed by atoms with E-state index in [2.05, 4.69) is 71.7 Å². The van der Waals surface area contributed by atoms with Crippen molar-refractivity contribution < 1.29 is 5.11 Å². The fourth-order valence-corrected chi connectivity index (χ4v) is 3.25. The number of hydrogen-bond donors (Lipinski definition) is 3. The van der Waals surface area contributed by atoms with Crippen LogP contribution in [0.1, 0.15) is 52.2 Å². The highest BCUT2D eigenvalue weighted by molar-refractivity contribution is 5.75. The number of anilines is 2. The SMILES string of the molecule is CC.CC.CCN(CCNc1ccc(C2=CCC(O)C=C2)cc1)c1ccc(CN)cc1. The number of nitrogens with zero attached hydrogens (tertiary/aromatic N) is 1. The molecular weight excluding hydrogens is 382 g/mol. The van der Waals surface area contributed by atoms with E-state index in [-0.39, 0.29) is 6.10 Å². The Bertz CT molecular complexity index is 779. The number of aliphatic hydroxyl groups is 1. The van der Waals surface area contributed by atoms with Crippen molar-refractivity contribution in [1.29, 1.82) is 0 Å². The molecule has 0 amide bonds. The van der Waals surface area contributed by atoms with Gasteiger partial charge in [0.15, 0.2) is 0 Å². The van der Waals surface area contributed by atoms with Gasteiger partial charge in [0.1, 0.15) is 0 Å². The van der Waals surface area contributed by atoms with Crippen LogP contribution in [0.15, 0.2) is 66.8 Å². The Morgan fingerprint density at radius 3 is 2.16 bits per heavy atom. The number of allylic oxidation sites excluding steroid dienone is 2. The summed E-state index contributed by atoms with van der Waals surface area (Å²) < 4.78 is 0. The molecule has 0 bridgehead atoms. The molecule has 0 saturated carbocycles. The molecule has 1 aliphatic carbocycles. The molecule has 4 N–H and O–H groups in total. The zero-order valence-corrected chi connectivity index (χ0v) is 19.9. The fourth-order valence-electron chi connectivity index (χ4n) is 3.25. The maximum Gasteiger partial charge on any atom is 0.0758 e. The summed E-state index contributed by atoms with van der Waals surface area (Å²) in [5.41, 5.74) is 11.5. The van der Waals surface area contributed by atoms with Gasteiger partial charge in [-0.1, -0.05) is 70.2 Å². The molecule has 0 radical (unpaired) electrons. The first-order valence-electron chi connectivity index (χ1n) is 11.6. The minimum Gasteiger partial charge on any atom is -0.389 e. The zero-order chi connectivity index (χ0) is 23.1. The highest BCUT2D eigenvalue weighted by Gasteiger charge is 2.07. The summed E-state index contributed by atoms with van der Waals surface area (Å²) in [5.74, 6) is 0. The van der Waals surface area contributed by atoms with Crippen LogP contribution >= 0.6 is 0 Å². The van der Waals surface area contributed by atoms with E-state index in [9.17, 15) is 5.11 Å². The van der Waals surface area contributed by atoms with E-state index >= 15 is 0 Å². The number of benzene rings is 2. The van der Waals surface area contributed by atoms with Gasteiger partial charge in [0.2, 0.25) is 0 Å². The Morgan fingerprint density at radius 2 is 1.65 bits per heavy atom. The molecule has 4 heteroatoms. The van der Waals surface area contributed by atoms with E-state index in [0.29, 0.717) is 13.0 Å². The fraction of sp³-hybridized carbons (Fsp3) is 0.407. The molecule has 0 heterocycles. The molecule has 0 aromatic heterocycles. The van der Waals surface area contributed by atoms with E-state index in [0.717, 1.165) is 30.9 Å². The normalized spacial score (nSPS) is 14.4. The summed E-state index contributed by atoms with van der Waals surface area (Å²) in [6.45, 7) is 13.5. The van der Waals surface area contributed by atoms with Crippen LogP contribution in [0.5, 0.6) is 0 Å². The van der Waals surface area contributed by atoms with Gasteiger partial charge in [0.25, 0.3) is 0 Å². The van der Waals surface area contributed by atoms with Crippen molar-refractivity contribution in [3.8, 4) is 0 Å². The predicted octanol–water partition coefficient (Wildman–Crippen LogP) is 5.84. The molecule has 31 heavy (non-hydrogen) atoms. The first-order valence-corrected chi connectivity index (χ1v) is 11.6. The molecule has 4 nitrogen and oxygen atoms in total. The highest BCUT2D eigenvalue weighted by atomic mass is 16.3. The second kappa shape index (κ2) is 15.3. The summed E-state index contributed by atoms with van der Waals surface area (Å²) >= 11 is 0. The van der Waals surface area contributed by atoms with Gasteiger partial charge < -0.3 is 21.1 Å². The second-order valence-electron chi connectivity index (χ2n) is 6.78. The van der Waals surface area contributed by atoms with Crippen LogP contribution in [0.25, 0.3) is 5.57 Å². The number of hydrogen-bond acceptors (Lipinski definition) is 4. The topological polar surface area (TPSA) is 61.5 Å². The molecule has 0 aliphatic heterocycles. The Kier molecular flexibility index (Phi) is 13.0. The van der Waals surface area contributed by atoms with Crippen LogP contribution in [0.3, 0.4) is 0 Å². The number of nitrogens with two attached hydrogens (primary N) is 1. The molecular formula is C27H41N3O. The van der Waals surface area contributed by atoms with Crippen LogP contribution < -0.4 is 16.0 Å². The lowest BCUT2D eigenvalue weighted by molar-refractivity contribution is 0.226. The van der Waals surface area contributed by atoms with Gasteiger partial charge in [-0.05, 0) is 54.3 Å². The van der Waals surface area contributed by atoms with E-state index in [1.807, 2.05) is 39.8 Å². The van der Waals surface area contributed by atoms with Crippen molar-refractivity contribution >= 4 is 16.9 Å². The summed E-state index contributed by atoms with van der Waals surface area (Å²) in [5, 5.41) is 13.0. The van der Waals surface area contributed by atoms with Crippen LogP contribution in [0.2, 0.25) is 0 Å². The molecule has 2 aromatic carbocycles. The molecule has 1 aliphatic rings.